The van der Waals surface area contributed by atoms with Gasteiger partial charge in [-0.2, -0.15) is 5.26 Å². The summed E-state index contributed by atoms with van der Waals surface area (Å²) in [6.45, 7) is 2.19. The van der Waals surface area contributed by atoms with Gasteiger partial charge >= 0.3 is 0 Å². The molecule has 5 rings (SSSR count). The van der Waals surface area contributed by atoms with Gasteiger partial charge in [0.15, 0.2) is 0 Å². The SMILES string of the molecule is Cc1c(-c2ccc(C#N)cc2)cccc1N1c2ccccc2CCc2ccccc21. The Morgan fingerprint density at radius 1 is 0.667 bits per heavy atom. The Bertz CT molecular complexity index is 1220. The van der Waals surface area contributed by atoms with E-state index in [9.17, 15) is 0 Å². The van der Waals surface area contributed by atoms with Crippen LogP contribution in [0.4, 0.5) is 17.1 Å². The molecule has 4 aromatic carbocycles. The second-order valence-electron chi connectivity index (χ2n) is 7.73. The highest BCUT2D eigenvalue weighted by molar-refractivity contribution is 5.86. The standard InChI is InChI=1S/C28H22N2/c1-20-25(22-15-13-21(19-29)14-16-22)9-6-12-26(20)30-27-10-4-2-7-23(27)17-18-24-8-3-5-11-28(24)30/h2-16H,17-18H2,1H3. The zero-order valence-electron chi connectivity index (χ0n) is 17.0. The molecule has 4 aromatic rings. The second-order valence-corrected chi connectivity index (χ2v) is 7.73. The molecule has 0 aliphatic carbocycles. The van der Waals surface area contributed by atoms with E-state index in [1.165, 1.54) is 39.3 Å². The minimum absolute atomic E-state index is 0.683. The van der Waals surface area contributed by atoms with Crippen LogP contribution in [0.5, 0.6) is 0 Å². The third-order valence-electron chi connectivity index (χ3n) is 6.00. The predicted octanol–water partition coefficient (Wildman–Crippen LogP) is 7.10. The summed E-state index contributed by atoms with van der Waals surface area (Å²) in [7, 11) is 0. The van der Waals surface area contributed by atoms with E-state index >= 15 is 0 Å². The molecular formula is C28H22N2. The number of hydrogen-bond acceptors (Lipinski definition) is 2. The van der Waals surface area contributed by atoms with E-state index in [-0.39, 0.29) is 0 Å². The van der Waals surface area contributed by atoms with Crippen LogP contribution in [0.1, 0.15) is 22.3 Å². The lowest BCUT2D eigenvalue weighted by atomic mass is 9.97. The Morgan fingerprint density at radius 2 is 1.23 bits per heavy atom. The number of anilines is 3. The van der Waals surface area contributed by atoms with Crippen LogP contribution in [0, 0.1) is 18.3 Å². The van der Waals surface area contributed by atoms with Crippen LogP contribution in [-0.4, -0.2) is 0 Å². The van der Waals surface area contributed by atoms with Gasteiger partial charge in [0, 0.05) is 17.1 Å². The zero-order chi connectivity index (χ0) is 20.5. The van der Waals surface area contributed by atoms with Gasteiger partial charge in [0.1, 0.15) is 0 Å². The first-order valence-corrected chi connectivity index (χ1v) is 10.3. The molecular weight excluding hydrogens is 364 g/mol. The third-order valence-corrected chi connectivity index (χ3v) is 6.00. The van der Waals surface area contributed by atoms with E-state index in [0.29, 0.717) is 5.56 Å². The van der Waals surface area contributed by atoms with Gasteiger partial charge in [-0.3, -0.25) is 0 Å². The van der Waals surface area contributed by atoms with Crippen LogP contribution in [0.25, 0.3) is 11.1 Å². The van der Waals surface area contributed by atoms with E-state index in [2.05, 4.69) is 84.6 Å². The molecule has 0 N–H and O–H groups in total. The fourth-order valence-corrected chi connectivity index (χ4v) is 4.44. The summed E-state index contributed by atoms with van der Waals surface area (Å²) in [5, 5.41) is 9.12. The van der Waals surface area contributed by atoms with Gasteiger partial charge in [-0.15, -0.1) is 0 Å². The van der Waals surface area contributed by atoms with E-state index in [1.807, 2.05) is 24.3 Å². The number of aryl methyl sites for hydroxylation is 2. The quantitative estimate of drug-likeness (QED) is 0.367. The molecule has 0 atom stereocenters. The molecule has 0 radical (unpaired) electrons. The average Bonchev–Trinajstić information content (AvgIpc) is 2.96. The molecule has 0 saturated carbocycles. The summed E-state index contributed by atoms with van der Waals surface area (Å²) >= 11 is 0. The zero-order valence-corrected chi connectivity index (χ0v) is 17.0. The molecule has 2 nitrogen and oxygen atoms in total. The van der Waals surface area contributed by atoms with Gasteiger partial charge in [-0.05, 0) is 77.9 Å². The van der Waals surface area contributed by atoms with E-state index in [1.54, 1.807) is 0 Å². The van der Waals surface area contributed by atoms with Crippen molar-refractivity contribution < 1.29 is 0 Å². The molecule has 1 heterocycles. The fourth-order valence-electron chi connectivity index (χ4n) is 4.44. The molecule has 1 aliphatic heterocycles. The van der Waals surface area contributed by atoms with Crippen molar-refractivity contribution >= 4 is 17.1 Å². The summed E-state index contributed by atoms with van der Waals surface area (Å²) in [6.07, 6.45) is 2.08. The first kappa shape index (κ1) is 18.2. The first-order valence-electron chi connectivity index (χ1n) is 10.3. The molecule has 0 bridgehead atoms. The van der Waals surface area contributed by atoms with Gasteiger partial charge in [-0.25, -0.2) is 0 Å². The number of fused-ring (bicyclic) bond motifs is 2. The van der Waals surface area contributed by atoms with Gasteiger partial charge in [0.05, 0.1) is 11.6 Å². The van der Waals surface area contributed by atoms with Crippen molar-refractivity contribution in [2.24, 2.45) is 0 Å². The highest BCUT2D eigenvalue weighted by Gasteiger charge is 2.23. The number of rotatable bonds is 2. The number of nitrogens with zero attached hydrogens (tertiary/aromatic N) is 2. The van der Waals surface area contributed by atoms with Crippen LogP contribution in [0.2, 0.25) is 0 Å². The Hall–Kier alpha value is -3.83. The molecule has 0 saturated heterocycles. The number of hydrogen-bond donors (Lipinski definition) is 0. The van der Waals surface area contributed by atoms with Crippen molar-refractivity contribution in [1.29, 1.82) is 5.26 Å². The molecule has 30 heavy (non-hydrogen) atoms. The molecule has 0 unspecified atom stereocenters. The maximum absolute atomic E-state index is 9.12. The maximum atomic E-state index is 9.12. The fraction of sp³-hybridized carbons (Fsp3) is 0.107. The minimum Gasteiger partial charge on any atom is -0.310 e. The van der Waals surface area contributed by atoms with E-state index in [0.717, 1.165) is 18.4 Å². The Morgan fingerprint density at radius 3 is 1.83 bits per heavy atom. The molecule has 1 aliphatic rings. The summed E-state index contributed by atoms with van der Waals surface area (Å²) in [4.78, 5) is 2.42. The van der Waals surface area contributed by atoms with Gasteiger partial charge in [0.2, 0.25) is 0 Å². The van der Waals surface area contributed by atoms with Crippen molar-refractivity contribution in [3.63, 3.8) is 0 Å². The Kier molecular flexibility index (Phi) is 4.58. The highest BCUT2D eigenvalue weighted by atomic mass is 15.2. The number of benzene rings is 4. The number of para-hydroxylation sites is 2. The first-order chi connectivity index (χ1) is 14.8. The summed E-state index contributed by atoms with van der Waals surface area (Å²) < 4.78 is 0. The minimum atomic E-state index is 0.683. The van der Waals surface area contributed by atoms with Gasteiger partial charge in [0.25, 0.3) is 0 Å². The lowest BCUT2D eigenvalue weighted by Gasteiger charge is -2.29. The summed E-state index contributed by atoms with van der Waals surface area (Å²) in [5.74, 6) is 0. The molecule has 144 valence electrons. The normalized spacial score (nSPS) is 12.5. The molecule has 0 aromatic heterocycles. The molecule has 0 amide bonds. The van der Waals surface area contributed by atoms with Crippen molar-refractivity contribution in [2.75, 3.05) is 4.90 Å². The maximum Gasteiger partial charge on any atom is 0.0991 e. The van der Waals surface area contributed by atoms with Gasteiger partial charge < -0.3 is 4.90 Å². The lowest BCUT2D eigenvalue weighted by molar-refractivity contribution is 0.977. The Labute approximate surface area is 177 Å². The van der Waals surface area contributed by atoms with E-state index < -0.39 is 0 Å². The van der Waals surface area contributed by atoms with Crippen molar-refractivity contribution in [3.8, 4) is 17.2 Å². The second kappa shape index (κ2) is 7.54. The lowest BCUT2D eigenvalue weighted by Crippen LogP contribution is -2.13. The molecule has 2 heteroatoms. The van der Waals surface area contributed by atoms with Crippen LogP contribution in [0.15, 0.2) is 91.0 Å². The van der Waals surface area contributed by atoms with Crippen molar-refractivity contribution in [2.45, 2.75) is 19.8 Å². The summed E-state index contributed by atoms with van der Waals surface area (Å²) in [6, 6.07) is 34.0. The topological polar surface area (TPSA) is 27.0 Å². The molecule has 0 spiro atoms. The number of nitriles is 1. The average molecular weight is 386 g/mol. The highest BCUT2D eigenvalue weighted by Crippen LogP contribution is 2.44. The largest absolute Gasteiger partial charge is 0.310 e. The van der Waals surface area contributed by atoms with Crippen LogP contribution in [-0.2, 0) is 12.8 Å². The smallest absolute Gasteiger partial charge is 0.0991 e. The molecule has 0 fully saturated rings. The van der Waals surface area contributed by atoms with Gasteiger partial charge in [-0.1, -0.05) is 60.7 Å². The Balaban J connectivity index is 1.72. The van der Waals surface area contributed by atoms with Crippen LogP contribution >= 0.6 is 0 Å². The van der Waals surface area contributed by atoms with Crippen molar-refractivity contribution in [3.05, 3.63) is 113 Å². The predicted molar refractivity (Wildman–Crippen MR) is 123 cm³/mol. The van der Waals surface area contributed by atoms with E-state index in [4.69, 9.17) is 5.26 Å². The van der Waals surface area contributed by atoms with Crippen LogP contribution in [0.3, 0.4) is 0 Å². The monoisotopic (exact) mass is 386 g/mol. The van der Waals surface area contributed by atoms with Crippen molar-refractivity contribution in [1.82, 2.24) is 0 Å². The third kappa shape index (κ3) is 3.06. The summed E-state index contributed by atoms with van der Waals surface area (Å²) in [5.41, 5.74) is 10.7. The van der Waals surface area contributed by atoms with Crippen LogP contribution < -0.4 is 4.90 Å².